The van der Waals surface area contributed by atoms with Crippen LogP contribution < -0.4 is 10.0 Å². The zero-order chi connectivity index (χ0) is 16.5. The standard InChI is InChI=1S/C12H13F3N4O2S/c13-12(14,15)11-7-10(2-1-9(11)8-16)18-3-5-19(6-4-18)22(17,20)21/h1-2,7H,3-6H2,(H2,17,20,21). The molecule has 120 valence electrons. The molecule has 0 radical (unpaired) electrons. The average Bonchev–Trinajstić information content (AvgIpc) is 2.45. The number of halogens is 3. The summed E-state index contributed by atoms with van der Waals surface area (Å²) >= 11 is 0. The second-order valence-corrected chi connectivity index (χ2v) is 6.32. The summed E-state index contributed by atoms with van der Waals surface area (Å²) in [5.41, 5.74) is -1.15. The van der Waals surface area contributed by atoms with E-state index < -0.39 is 27.5 Å². The van der Waals surface area contributed by atoms with Gasteiger partial charge in [0.25, 0.3) is 10.2 Å². The molecule has 1 fully saturated rings. The van der Waals surface area contributed by atoms with Crippen molar-refractivity contribution in [3.8, 4) is 6.07 Å². The second kappa shape index (κ2) is 5.75. The molecule has 0 unspecified atom stereocenters. The van der Waals surface area contributed by atoms with Crippen molar-refractivity contribution in [2.24, 2.45) is 5.14 Å². The van der Waals surface area contributed by atoms with E-state index in [0.29, 0.717) is 5.69 Å². The Morgan fingerprint density at radius 3 is 2.23 bits per heavy atom. The minimum Gasteiger partial charge on any atom is -0.369 e. The molecule has 0 aromatic heterocycles. The first-order valence-corrected chi connectivity index (χ1v) is 7.77. The lowest BCUT2D eigenvalue weighted by Crippen LogP contribution is -2.50. The quantitative estimate of drug-likeness (QED) is 0.870. The molecule has 1 aliphatic rings. The normalized spacial score (nSPS) is 17.3. The monoisotopic (exact) mass is 334 g/mol. The molecule has 1 aliphatic heterocycles. The van der Waals surface area contributed by atoms with Crippen molar-refractivity contribution >= 4 is 15.9 Å². The highest BCUT2D eigenvalue weighted by atomic mass is 32.2. The third-order valence-corrected chi connectivity index (χ3v) is 4.48. The molecule has 2 N–H and O–H groups in total. The minimum atomic E-state index is -4.62. The number of nitrogens with two attached hydrogens (primary N) is 1. The molecule has 0 saturated carbocycles. The third-order valence-electron chi connectivity index (χ3n) is 3.39. The minimum absolute atomic E-state index is 0.0974. The predicted octanol–water partition coefficient (Wildman–Crippen LogP) is 0.903. The number of rotatable bonds is 2. The summed E-state index contributed by atoms with van der Waals surface area (Å²) in [5, 5.41) is 13.8. The van der Waals surface area contributed by atoms with E-state index in [0.717, 1.165) is 16.4 Å². The zero-order valence-electron chi connectivity index (χ0n) is 11.3. The first-order valence-electron chi connectivity index (χ1n) is 6.27. The van der Waals surface area contributed by atoms with E-state index in [9.17, 15) is 21.6 Å². The SMILES string of the molecule is N#Cc1ccc(N2CCN(S(N)(=O)=O)CC2)cc1C(F)(F)F. The molecular weight excluding hydrogens is 321 g/mol. The van der Waals surface area contributed by atoms with Crippen LogP contribution in [0.25, 0.3) is 0 Å². The highest BCUT2D eigenvalue weighted by Crippen LogP contribution is 2.34. The number of hydrogen-bond donors (Lipinski definition) is 1. The number of nitriles is 1. The number of alkyl halides is 3. The molecule has 10 heteroatoms. The van der Waals surface area contributed by atoms with Gasteiger partial charge in [0.1, 0.15) is 0 Å². The number of nitrogens with zero attached hydrogens (tertiary/aromatic N) is 3. The molecular formula is C12H13F3N4O2S. The Labute approximate surface area is 125 Å². The van der Waals surface area contributed by atoms with Crippen LogP contribution in [-0.4, -0.2) is 38.9 Å². The summed E-state index contributed by atoms with van der Waals surface area (Å²) in [7, 11) is -3.79. The molecule has 1 saturated heterocycles. The number of piperazine rings is 1. The van der Waals surface area contributed by atoms with Crippen LogP contribution in [-0.2, 0) is 16.4 Å². The maximum atomic E-state index is 12.9. The van der Waals surface area contributed by atoms with Gasteiger partial charge < -0.3 is 4.90 Å². The van der Waals surface area contributed by atoms with Gasteiger partial charge >= 0.3 is 6.18 Å². The van der Waals surface area contributed by atoms with Gasteiger partial charge in [-0.1, -0.05) is 0 Å². The lowest BCUT2D eigenvalue weighted by molar-refractivity contribution is -0.137. The van der Waals surface area contributed by atoms with E-state index >= 15 is 0 Å². The molecule has 0 spiro atoms. The van der Waals surface area contributed by atoms with Crippen LogP contribution in [0.5, 0.6) is 0 Å². The van der Waals surface area contributed by atoms with E-state index in [1.165, 1.54) is 12.1 Å². The summed E-state index contributed by atoms with van der Waals surface area (Å²) < 4.78 is 62.2. The molecule has 1 aromatic carbocycles. The van der Waals surface area contributed by atoms with Crippen molar-refractivity contribution in [1.82, 2.24) is 4.31 Å². The fourth-order valence-corrected chi connectivity index (χ4v) is 2.93. The maximum absolute atomic E-state index is 12.9. The van der Waals surface area contributed by atoms with Crippen molar-refractivity contribution in [1.29, 1.82) is 5.26 Å². The predicted molar refractivity (Wildman–Crippen MR) is 73.1 cm³/mol. The van der Waals surface area contributed by atoms with E-state index in [1.54, 1.807) is 4.90 Å². The Balaban J connectivity index is 2.24. The maximum Gasteiger partial charge on any atom is 0.417 e. The van der Waals surface area contributed by atoms with Crippen LogP contribution >= 0.6 is 0 Å². The largest absolute Gasteiger partial charge is 0.417 e. The van der Waals surface area contributed by atoms with E-state index in [2.05, 4.69) is 0 Å². The lowest BCUT2D eigenvalue weighted by atomic mass is 10.1. The van der Waals surface area contributed by atoms with E-state index in [-0.39, 0.29) is 26.2 Å². The molecule has 6 nitrogen and oxygen atoms in total. The second-order valence-electron chi connectivity index (χ2n) is 4.77. The Morgan fingerprint density at radius 1 is 1.18 bits per heavy atom. The van der Waals surface area contributed by atoms with Gasteiger partial charge in [-0.2, -0.15) is 31.2 Å². The van der Waals surface area contributed by atoms with Crippen LogP contribution in [0.2, 0.25) is 0 Å². The summed E-state index contributed by atoms with van der Waals surface area (Å²) in [6.45, 7) is 0.639. The van der Waals surface area contributed by atoms with Gasteiger partial charge in [-0.15, -0.1) is 0 Å². The van der Waals surface area contributed by atoms with Gasteiger partial charge in [-0.05, 0) is 18.2 Å². The lowest BCUT2D eigenvalue weighted by Gasteiger charge is -2.34. The Kier molecular flexibility index (Phi) is 4.32. The first-order chi connectivity index (χ1) is 10.1. The summed E-state index contributed by atoms with van der Waals surface area (Å²) in [6.07, 6.45) is -4.62. The van der Waals surface area contributed by atoms with Gasteiger partial charge in [0.05, 0.1) is 17.2 Å². The summed E-state index contributed by atoms with van der Waals surface area (Å²) in [5.74, 6) is 0. The van der Waals surface area contributed by atoms with Gasteiger partial charge in [-0.25, -0.2) is 5.14 Å². The van der Waals surface area contributed by atoms with Crippen LogP contribution in [0.3, 0.4) is 0 Å². The van der Waals surface area contributed by atoms with Gasteiger partial charge in [0.2, 0.25) is 0 Å². The Morgan fingerprint density at radius 2 is 1.77 bits per heavy atom. The molecule has 1 aromatic rings. The Hall–Kier alpha value is -1.83. The molecule has 0 bridgehead atoms. The van der Waals surface area contributed by atoms with E-state index in [1.807, 2.05) is 0 Å². The molecule has 0 aliphatic carbocycles. The fourth-order valence-electron chi connectivity index (χ4n) is 2.26. The topological polar surface area (TPSA) is 90.4 Å². The zero-order valence-corrected chi connectivity index (χ0v) is 12.2. The number of anilines is 1. The third kappa shape index (κ3) is 3.49. The summed E-state index contributed by atoms with van der Waals surface area (Å²) in [4.78, 5) is 1.62. The van der Waals surface area contributed by atoms with Crippen LogP contribution in [0.1, 0.15) is 11.1 Å². The number of hydrogen-bond acceptors (Lipinski definition) is 4. The van der Waals surface area contributed by atoms with Crippen molar-refractivity contribution in [3.63, 3.8) is 0 Å². The van der Waals surface area contributed by atoms with Crippen LogP contribution in [0, 0.1) is 11.3 Å². The summed E-state index contributed by atoms with van der Waals surface area (Å²) in [6, 6.07) is 4.96. The van der Waals surface area contributed by atoms with Crippen molar-refractivity contribution < 1.29 is 21.6 Å². The molecule has 22 heavy (non-hydrogen) atoms. The van der Waals surface area contributed by atoms with E-state index in [4.69, 9.17) is 10.4 Å². The fraction of sp³-hybridized carbons (Fsp3) is 0.417. The molecule has 1 heterocycles. The number of benzene rings is 1. The highest BCUT2D eigenvalue weighted by Gasteiger charge is 2.34. The van der Waals surface area contributed by atoms with Crippen molar-refractivity contribution in [2.75, 3.05) is 31.1 Å². The molecule has 0 amide bonds. The van der Waals surface area contributed by atoms with Gasteiger partial charge in [-0.3, -0.25) is 0 Å². The molecule has 2 rings (SSSR count). The molecule has 0 atom stereocenters. The van der Waals surface area contributed by atoms with Crippen molar-refractivity contribution in [2.45, 2.75) is 6.18 Å². The van der Waals surface area contributed by atoms with Gasteiger partial charge in [0.15, 0.2) is 0 Å². The van der Waals surface area contributed by atoms with Crippen LogP contribution in [0.4, 0.5) is 18.9 Å². The van der Waals surface area contributed by atoms with Crippen molar-refractivity contribution in [3.05, 3.63) is 29.3 Å². The smallest absolute Gasteiger partial charge is 0.369 e. The first kappa shape index (κ1) is 16.5. The average molecular weight is 334 g/mol. The van der Waals surface area contributed by atoms with Crippen LogP contribution in [0.15, 0.2) is 18.2 Å². The van der Waals surface area contributed by atoms with Gasteiger partial charge in [0, 0.05) is 31.9 Å². The highest BCUT2D eigenvalue weighted by molar-refractivity contribution is 7.86. The Bertz CT molecular complexity index is 704.